The fourth-order valence-corrected chi connectivity index (χ4v) is 2.92. The van der Waals surface area contributed by atoms with Gasteiger partial charge in [0.2, 0.25) is 11.0 Å². The molecule has 0 unspecified atom stereocenters. The Kier molecular flexibility index (Phi) is 3.39. The summed E-state index contributed by atoms with van der Waals surface area (Å²) < 4.78 is 2.00. The van der Waals surface area contributed by atoms with Crippen molar-refractivity contribution in [3.63, 3.8) is 0 Å². The molecule has 0 spiro atoms. The van der Waals surface area contributed by atoms with Gasteiger partial charge in [-0.3, -0.25) is 9.48 Å². The first-order valence-electron chi connectivity index (χ1n) is 6.47. The Bertz CT molecular complexity index is 634. The summed E-state index contributed by atoms with van der Waals surface area (Å²) >= 11 is 1.61. The third-order valence-corrected chi connectivity index (χ3v) is 4.05. The molecule has 0 bridgehead atoms. The Morgan fingerprint density at radius 2 is 2.30 bits per heavy atom. The van der Waals surface area contributed by atoms with Gasteiger partial charge in [0, 0.05) is 13.5 Å². The lowest BCUT2D eigenvalue weighted by Gasteiger charge is -2.26. The Hall–Kier alpha value is -1.96. The number of nitrogens with one attached hydrogen (secondary N) is 1. The second-order valence-electron chi connectivity index (χ2n) is 4.79. The van der Waals surface area contributed by atoms with Crippen LogP contribution in [0.25, 0.3) is 0 Å². The van der Waals surface area contributed by atoms with Crippen molar-refractivity contribution in [1.29, 1.82) is 0 Å². The molecule has 0 aromatic carbocycles. The van der Waals surface area contributed by atoms with E-state index < -0.39 is 0 Å². The van der Waals surface area contributed by atoms with Crippen molar-refractivity contribution >= 4 is 22.4 Å². The van der Waals surface area contributed by atoms with Crippen LogP contribution in [0.15, 0.2) is 6.07 Å². The van der Waals surface area contributed by atoms with Crippen LogP contribution in [0.3, 0.4) is 0 Å². The molecule has 2 aromatic heterocycles. The molecule has 0 saturated carbocycles. The molecule has 0 fully saturated rings. The average molecular weight is 292 g/mol. The van der Waals surface area contributed by atoms with Crippen LogP contribution in [-0.4, -0.2) is 32.4 Å². The summed E-state index contributed by atoms with van der Waals surface area (Å²) in [6.45, 7) is 6.43. The van der Waals surface area contributed by atoms with E-state index in [0.717, 1.165) is 41.2 Å². The highest BCUT2D eigenvalue weighted by Crippen LogP contribution is 2.24. The van der Waals surface area contributed by atoms with Gasteiger partial charge in [-0.05, 0) is 13.0 Å². The lowest BCUT2D eigenvalue weighted by Crippen LogP contribution is -2.33. The van der Waals surface area contributed by atoms with Gasteiger partial charge < -0.3 is 10.2 Å². The van der Waals surface area contributed by atoms with Gasteiger partial charge >= 0.3 is 0 Å². The normalized spacial score (nSPS) is 14.2. The molecule has 8 heteroatoms. The monoisotopic (exact) mass is 292 g/mol. The molecule has 7 nitrogen and oxygen atoms in total. The molecule has 1 aliphatic rings. The van der Waals surface area contributed by atoms with Crippen molar-refractivity contribution in [2.45, 2.75) is 33.5 Å². The van der Waals surface area contributed by atoms with Gasteiger partial charge in [0.25, 0.3) is 0 Å². The van der Waals surface area contributed by atoms with E-state index in [1.54, 1.807) is 11.3 Å². The van der Waals surface area contributed by atoms with Crippen molar-refractivity contribution in [2.75, 3.05) is 11.4 Å². The van der Waals surface area contributed by atoms with Crippen LogP contribution in [0.4, 0.5) is 5.13 Å². The lowest BCUT2D eigenvalue weighted by molar-refractivity contribution is -0.119. The largest absolute Gasteiger partial charge is 0.351 e. The Balaban J connectivity index is 1.72. The van der Waals surface area contributed by atoms with Gasteiger partial charge in [-0.15, -0.1) is 10.2 Å². The van der Waals surface area contributed by atoms with Crippen LogP contribution in [0.2, 0.25) is 0 Å². The highest BCUT2D eigenvalue weighted by atomic mass is 32.1. The standard InChI is InChI=1S/C12H16N6OS/c1-8(19)13-6-10-5-11-7-17(3-4-18(11)16-10)12-15-14-9(2)20-12/h5H,3-4,6-7H2,1-2H3,(H,13,19). The maximum atomic E-state index is 10.9. The predicted octanol–water partition coefficient (Wildman–Crippen LogP) is 0.699. The Labute approximate surface area is 120 Å². The summed E-state index contributed by atoms with van der Waals surface area (Å²) in [4.78, 5) is 13.1. The van der Waals surface area contributed by atoms with Gasteiger partial charge in [-0.25, -0.2) is 0 Å². The van der Waals surface area contributed by atoms with E-state index in [-0.39, 0.29) is 5.91 Å². The minimum Gasteiger partial charge on any atom is -0.351 e. The number of hydrogen-bond donors (Lipinski definition) is 1. The number of carbonyl (C=O) groups is 1. The van der Waals surface area contributed by atoms with Crippen LogP contribution in [0.1, 0.15) is 23.3 Å². The third-order valence-electron chi connectivity index (χ3n) is 3.15. The number of anilines is 1. The van der Waals surface area contributed by atoms with E-state index in [1.165, 1.54) is 6.92 Å². The maximum absolute atomic E-state index is 10.9. The molecule has 1 amide bonds. The van der Waals surface area contributed by atoms with Gasteiger partial charge in [0.15, 0.2) is 0 Å². The number of rotatable bonds is 3. The second-order valence-corrected chi connectivity index (χ2v) is 5.95. The molecule has 106 valence electrons. The maximum Gasteiger partial charge on any atom is 0.217 e. The average Bonchev–Trinajstić information content (AvgIpc) is 3.01. The van der Waals surface area contributed by atoms with Gasteiger partial charge in [0.05, 0.1) is 31.0 Å². The summed E-state index contributed by atoms with van der Waals surface area (Å²) in [6, 6.07) is 2.04. The van der Waals surface area contributed by atoms with E-state index in [4.69, 9.17) is 0 Å². The minimum atomic E-state index is -0.0399. The zero-order valence-electron chi connectivity index (χ0n) is 11.5. The number of nitrogens with zero attached hydrogens (tertiary/aromatic N) is 5. The van der Waals surface area contributed by atoms with Crippen LogP contribution >= 0.6 is 11.3 Å². The fourth-order valence-electron chi connectivity index (χ4n) is 2.20. The second kappa shape index (κ2) is 5.20. The third kappa shape index (κ3) is 2.64. The Morgan fingerprint density at radius 1 is 1.45 bits per heavy atom. The summed E-state index contributed by atoms with van der Waals surface area (Å²) in [5, 5.41) is 17.4. The van der Waals surface area contributed by atoms with Crippen LogP contribution in [0, 0.1) is 6.92 Å². The molecule has 0 radical (unpaired) electrons. The quantitative estimate of drug-likeness (QED) is 0.901. The number of aromatic nitrogens is 4. The summed E-state index contributed by atoms with van der Waals surface area (Å²) in [5.74, 6) is -0.0399. The molecule has 3 rings (SSSR count). The summed E-state index contributed by atoms with van der Waals surface area (Å²) in [5.41, 5.74) is 2.04. The summed E-state index contributed by atoms with van der Waals surface area (Å²) in [7, 11) is 0. The van der Waals surface area contributed by atoms with Crippen molar-refractivity contribution in [3.05, 3.63) is 22.5 Å². The van der Waals surface area contributed by atoms with Crippen molar-refractivity contribution in [2.24, 2.45) is 0 Å². The van der Waals surface area contributed by atoms with E-state index in [1.807, 2.05) is 17.7 Å². The number of fused-ring (bicyclic) bond motifs is 1. The molecule has 2 aromatic rings. The first-order valence-corrected chi connectivity index (χ1v) is 7.28. The number of amides is 1. The molecule has 0 atom stereocenters. The van der Waals surface area contributed by atoms with Crippen molar-refractivity contribution in [3.8, 4) is 0 Å². The molecule has 1 N–H and O–H groups in total. The zero-order valence-corrected chi connectivity index (χ0v) is 12.3. The molecule has 0 saturated heterocycles. The molecular weight excluding hydrogens is 276 g/mol. The molecule has 0 aliphatic carbocycles. The SMILES string of the molecule is CC(=O)NCc1cc2n(n1)CCN(c1nnc(C)s1)C2. The van der Waals surface area contributed by atoms with E-state index in [9.17, 15) is 4.79 Å². The van der Waals surface area contributed by atoms with E-state index in [0.29, 0.717) is 6.54 Å². The van der Waals surface area contributed by atoms with Gasteiger partial charge in [0.1, 0.15) is 5.01 Å². The van der Waals surface area contributed by atoms with Gasteiger partial charge in [-0.2, -0.15) is 5.10 Å². The number of hydrogen-bond acceptors (Lipinski definition) is 6. The Morgan fingerprint density at radius 3 is 3.00 bits per heavy atom. The highest BCUT2D eigenvalue weighted by molar-refractivity contribution is 7.15. The minimum absolute atomic E-state index is 0.0399. The van der Waals surface area contributed by atoms with Crippen molar-refractivity contribution in [1.82, 2.24) is 25.3 Å². The van der Waals surface area contributed by atoms with Crippen LogP contribution < -0.4 is 10.2 Å². The van der Waals surface area contributed by atoms with Gasteiger partial charge in [-0.1, -0.05) is 11.3 Å². The van der Waals surface area contributed by atoms with Crippen LogP contribution in [-0.2, 0) is 24.4 Å². The molecular formula is C12H16N6OS. The fraction of sp³-hybridized carbons (Fsp3) is 0.500. The van der Waals surface area contributed by atoms with Crippen LogP contribution in [0.5, 0.6) is 0 Å². The number of carbonyl (C=O) groups excluding carboxylic acids is 1. The zero-order chi connectivity index (χ0) is 14.1. The molecule has 1 aliphatic heterocycles. The van der Waals surface area contributed by atoms with E-state index in [2.05, 4.69) is 25.5 Å². The highest BCUT2D eigenvalue weighted by Gasteiger charge is 2.20. The van der Waals surface area contributed by atoms with Crippen molar-refractivity contribution < 1.29 is 4.79 Å². The predicted molar refractivity (Wildman–Crippen MR) is 75.4 cm³/mol. The first-order chi connectivity index (χ1) is 9.61. The number of aryl methyl sites for hydroxylation is 1. The molecule has 3 heterocycles. The molecule has 20 heavy (non-hydrogen) atoms. The smallest absolute Gasteiger partial charge is 0.217 e. The van der Waals surface area contributed by atoms with E-state index >= 15 is 0 Å². The lowest BCUT2D eigenvalue weighted by atomic mass is 10.3. The summed E-state index contributed by atoms with van der Waals surface area (Å²) in [6.07, 6.45) is 0. The topological polar surface area (TPSA) is 75.9 Å². The first kappa shape index (κ1) is 13.0.